The number of rotatable bonds is 6. The number of Topliss-reactive ketones (excluding diaryl/α,β-unsaturated/α-hetero) is 1. The number of benzene rings is 1. The van der Waals surface area contributed by atoms with Gasteiger partial charge in [-0.2, -0.15) is 0 Å². The van der Waals surface area contributed by atoms with Crippen LogP contribution in [0.5, 0.6) is 5.75 Å². The highest BCUT2D eigenvalue weighted by Gasteiger charge is 2.13. The normalized spacial score (nSPS) is 10.9. The number of carbonyl (C=O) groups is 1. The summed E-state index contributed by atoms with van der Waals surface area (Å²) >= 11 is 0. The van der Waals surface area contributed by atoms with Gasteiger partial charge in [0.15, 0.2) is 5.78 Å². The summed E-state index contributed by atoms with van der Waals surface area (Å²) in [6.07, 6.45) is -2.43. The lowest BCUT2D eigenvalue weighted by atomic mass is 10.1. The minimum Gasteiger partial charge on any atom is -0.497 e. The summed E-state index contributed by atoms with van der Waals surface area (Å²) in [4.78, 5) is 13.0. The molecule has 0 bridgehead atoms. The molecule has 0 aliphatic heterocycles. The van der Waals surface area contributed by atoms with E-state index < -0.39 is 13.0 Å². The van der Waals surface area contributed by atoms with Crippen molar-refractivity contribution in [3.63, 3.8) is 0 Å². The van der Waals surface area contributed by atoms with Crippen molar-refractivity contribution in [3.05, 3.63) is 29.8 Å². The third-order valence-electron chi connectivity index (χ3n) is 2.28. The summed E-state index contributed by atoms with van der Waals surface area (Å²) in [5, 5.41) is 0. The molecule has 1 rings (SSSR count). The molecule has 0 aliphatic rings. The Kier molecular flexibility index (Phi) is 5.03. The molecule has 0 saturated heterocycles. The molecule has 0 aliphatic carbocycles. The molecule has 5 heteroatoms. The SMILES string of the molecule is COc1ccc(C(=O)CN(C)CC(F)F)cc1. The molecule has 0 aromatic heterocycles. The van der Waals surface area contributed by atoms with Crippen LogP contribution in [0, 0.1) is 0 Å². The molecule has 94 valence electrons. The van der Waals surface area contributed by atoms with Crippen LogP contribution in [0.4, 0.5) is 8.78 Å². The number of nitrogens with zero attached hydrogens (tertiary/aromatic N) is 1. The zero-order valence-corrected chi connectivity index (χ0v) is 9.82. The van der Waals surface area contributed by atoms with Gasteiger partial charge >= 0.3 is 0 Å². The Hall–Kier alpha value is -1.49. The molecule has 0 radical (unpaired) electrons. The van der Waals surface area contributed by atoms with Crippen molar-refractivity contribution in [1.29, 1.82) is 0 Å². The predicted molar refractivity (Wildman–Crippen MR) is 60.8 cm³/mol. The second-order valence-corrected chi connectivity index (χ2v) is 3.74. The van der Waals surface area contributed by atoms with Crippen molar-refractivity contribution in [2.75, 3.05) is 27.2 Å². The van der Waals surface area contributed by atoms with Gasteiger partial charge in [0.05, 0.1) is 20.2 Å². The van der Waals surface area contributed by atoms with E-state index in [9.17, 15) is 13.6 Å². The Bertz CT molecular complexity index is 365. The maximum absolute atomic E-state index is 12.1. The first kappa shape index (κ1) is 13.6. The molecular weight excluding hydrogens is 228 g/mol. The molecule has 1 aromatic carbocycles. The molecule has 0 amide bonds. The molecule has 3 nitrogen and oxygen atoms in total. The average Bonchev–Trinajstić information content (AvgIpc) is 2.28. The molecule has 0 heterocycles. The van der Waals surface area contributed by atoms with Crippen molar-refractivity contribution in [1.82, 2.24) is 4.90 Å². The summed E-state index contributed by atoms with van der Waals surface area (Å²) in [6, 6.07) is 6.58. The molecule has 1 aromatic rings. The Balaban J connectivity index is 2.57. The third-order valence-corrected chi connectivity index (χ3v) is 2.28. The average molecular weight is 243 g/mol. The smallest absolute Gasteiger partial charge is 0.251 e. The maximum atomic E-state index is 12.1. The van der Waals surface area contributed by atoms with Crippen LogP contribution in [0.2, 0.25) is 0 Å². The van der Waals surface area contributed by atoms with E-state index in [4.69, 9.17) is 4.74 Å². The molecule has 0 saturated carbocycles. The van der Waals surface area contributed by atoms with Crippen molar-refractivity contribution in [3.8, 4) is 5.75 Å². The number of methoxy groups -OCH3 is 1. The van der Waals surface area contributed by atoms with Gasteiger partial charge in [0.25, 0.3) is 6.43 Å². The molecule has 0 spiro atoms. The Labute approximate surface area is 99.0 Å². The van der Waals surface area contributed by atoms with Gasteiger partial charge in [0.1, 0.15) is 5.75 Å². The largest absolute Gasteiger partial charge is 0.497 e. The first-order valence-electron chi connectivity index (χ1n) is 5.17. The molecular formula is C12H15F2NO2. The van der Waals surface area contributed by atoms with E-state index in [0.29, 0.717) is 11.3 Å². The number of ketones is 1. The summed E-state index contributed by atoms with van der Waals surface area (Å²) in [6.45, 7) is -0.418. The second-order valence-electron chi connectivity index (χ2n) is 3.74. The summed E-state index contributed by atoms with van der Waals surface area (Å²) in [5.41, 5.74) is 0.493. The van der Waals surface area contributed by atoms with Gasteiger partial charge in [-0.25, -0.2) is 8.78 Å². The zero-order valence-electron chi connectivity index (χ0n) is 9.82. The van der Waals surface area contributed by atoms with E-state index in [2.05, 4.69) is 0 Å². The van der Waals surface area contributed by atoms with Crippen molar-refractivity contribution < 1.29 is 18.3 Å². The number of likely N-dealkylation sites (N-methyl/N-ethyl adjacent to an activating group) is 1. The Morgan fingerprint density at radius 1 is 1.35 bits per heavy atom. The highest BCUT2D eigenvalue weighted by atomic mass is 19.3. The van der Waals surface area contributed by atoms with Gasteiger partial charge in [-0.3, -0.25) is 9.69 Å². The fourth-order valence-corrected chi connectivity index (χ4v) is 1.41. The Morgan fingerprint density at radius 3 is 2.41 bits per heavy atom. The Morgan fingerprint density at radius 2 is 1.94 bits per heavy atom. The first-order valence-corrected chi connectivity index (χ1v) is 5.17. The minimum atomic E-state index is -2.43. The van der Waals surface area contributed by atoms with Crippen LogP contribution in [0.15, 0.2) is 24.3 Å². The predicted octanol–water partition coefficient (Wildman–Crippen LogP) is 2.07. The molecule has 0 fully saturated rings. The fraction of sp³-hybridized carbons (Fsp3) is 0.417. The molecule has 17 heavy (non-hydrogen) atoms. The van der Waals surface area contributed by atoms with Gasteiger partial charge < -0.3 is 4.74 Å². The highest BCUT2D eigenvalue weighted by molar-refractivity contribution is 5.97. The second kappa shape index (κ2) is 6.30. The van der Waals surface area contributed by atoms with Gasteiger partial charge in [0.2, 0.25) is 0 Å². The lowest BCUT2D eigenvalue weighted by Crippen LogP contribution is -2.30. The van der Waals surface area contributed by atoms with E-state index in [1.807, 2.05) is 0 Å². The van der Waals surface area contributed by atoms with Crippen LogP contribution in [0.1, 0.15) is 10.4 Å². The van der Waals surface area contributed by atoms with Gasteiger partial charge in [0, 0.05) is 5.56 Å². The van der Waals surface area contributed by atoms with E-state index in [0.717, 1.165) is 0 Å². The zero-order chi connectivity index (χ0) is 12.8. The quantitative estimate of drug-likeness (QED) is 0.716. The number of halogens is 2. The summed E-state index contributed by atoms with van der Waals surface area (Å²) in [5.74, 6) is 0.471. The number of ether oxygens (including phenoxy) is 1. The van der Waals surface area contributed by atoms with Gasteiger partial charge in [-0.1, -0.05) is 0 Å². The van der Waals surface area contributed by atoms with E-state index in [1.54, 1.807) is 24.3 Å². The van der Waals surface area contributed by atoms with Crippen LogP contribution < -0.4 is 4.74 Å². The third kappa shape index (κ3) is 4.48. The van der Waals surface area contributed by atoms with E-state index in [-0.39, 0.29) is 12.3 Å². The first-order chi connectivity index (χ1) is 8.02. The van der Waals surface area contributed by atoms with Gasteiger partial charge in [-0.15, -0.1) is 0 Å². The molecule has 0 N–H and O–H groups in total. The van der Waals surface area contributed by atoms with Crippen LogP contribution in [-0.4, -0.2) is 44.4 Å². The van der Waals surface area contributed by atoms with Crippen LogP contribution in [0.25, 0.3) is 0 Å². The number of carbonyl (C=O) groups excluding carboxylic acids is 1. The summed E-state index contributed by atoms with van der Waals surface area (Å²) in [7, 11) is 3.03. The van der Waals surface area contributed by atoms with Crippen molar-refractivity contribution in [2.45, 2.75) is 6.43 Å². The number of hydrogen-bond donors (Lipinski definition) is 0. The van der Waals surface area contributed by atoms with E-state index >= 15 is 0 Å². The monoisotopic (exact) mass is 243 g/mol. The lowest BCUT2D eigenvalue weighted by Gasteiger charge is -2.14. The van der Waals surface area contributed by atoms with Gasteiger partial charge in [-0.05, 0) is 31.3 Å². The standard InChI is InChI=1S/C12H15F2NO2/c1-15(8-12(13)14)7-11(16)9-3-5-10(17-2)6-4-9/h3-6,12H,7-8H2,1-2H3. The molecule has 0 unspecified atom stereocenters. The lowest BCUT2D eigenvalue weighted by molar-refractivity contribution is 0.0820. The van der Waals surface area contributed by atoms with Crippen LogP contribution >= 0.6 is 0 Å². The maximum Gasteiger partial charge on any atom is 0.251 e. The van der Waals surface area contributed by atoms with Crippen molar-refractivity contribution >= 4 is 5.78 Å². The summed E-state index contributed by atoms with van der Waals surface area (Å²) < 4.78 is 29.1. The minimum absolute atomic E-state index is 0.0172. The van der Waals surface area contributed by atoms with Crippen LogP contribution in [0.3, 0.4) is 0 Å². The van der Waals surface area contributed by atoms with E-state index in [1.165, 1.54) is 19.1 Å². The number of hydrogen-bond acceptors (Lipinski definition) is 3. The molecule has 0 atom stereocenters. The fourth-order valence-electron chi connectivity index (χ4n) is 1.41. The van der Waals surface area contributed by atoms with Crippen LogP contribution in [-0.2, 0) is 0 Å². The number of alkyl halides is 2. The topological polar surface area (TPSA) is 29.5 Å². The van der Waals surface area contributed by atoms with Crippen molar-refractivity contribution in [2.24, 2.45) is 0 Å². The highest BCUT2D eigenvalue weighted by Crippen LogP contribution is 2.12.